The molecular weight excluding hydrogens is 162 g/mol. The summed E-state index contributed by atoms with van der Waals surface area (Å²) in [5, 5.41) is 0. The lowest BCUT2D eigenvalue weighted by Crippen LogP contribution is -2.07. The predicted molar refractivity (Wildman–Crippen MR) is 50.4 cm³/mol. The molecule has 0 N–H and O–H groups in total. The summed E-state index contributed by atoms with van der Waals surface area (Å²) < 4.78 is 0. The first-order valence-corrected chi connectivity index (χ1v) is 4.25. The Kier molecular flexibility index (Phi) is 1.13. The highest BCUT2D eigenvalue weighted by Gasteiger charge is 2.32. The van der Waals surface area contributed by atoms with Gasteiger partial charge in [0.25, 0.3) is 0 Å². The summed E-state index contributed by atoms with van der Waals surface area (Å²) in [5.41, 5.74) is 2.91. The van der Waals surface area contributed by atoms with Gasteiger partial charge in [-0.25, -0.2) is 0 Å². The Bertz CT molecular complexity index is 447. The Hall–Kier alpha value is -1.70. The molecule has 0 spiro atoms. The van der Waals surface area contributed by atoms with Crippen LogP contribution in [0.25, 0.3) is 0 Å². The molecule has 0 amide bonds. The molecule has 13 heavy (non-hydrogen) atoms. The van der Waals surface area contributed by atoms with Crippen LogP contribution in [-0.4, -0.2) is 11.5 Å². The van der Waals surface area contributed by atoms with Crippen molar-refractivity contribution in [2.75, 3.05) is 0 Å². The molecule has 62 valence electrons. The van der Waals surface area contributed by atoms with E-state index >= 15 is 0 Å². The lowest BCUT2D eigenvalue weighted by molar-refractivity contribution is -0.111. The van der Waals surface area contributed by atoms with Crippen molar-refractivity contribution in [3.8, 4) is 0 Å². The van der Waals surface area contributed by atoms with Gasteiger partial charge in [0.1, 0.15) is 0 Å². The Labute approximate surface area is 75.7 Å². The Morgan fingerprint density at radius 1 is 1.38 bits per heavy atom. The van der Waals surface area contributed by atoms with E-state index < -0.39 is 0 Å². The number of carbonyl (C=O) groups is 1. The molecule has 0 fully saturated rings. The van der Waals surface area contributed by atoms with Crippen molar-refractivity contribution in [1.29, 1.82) is 0 Å². The van der Waals surface area contributed by atoms with Crippen LogP contribution in [0.1, 0.15) is 0 Å². The van der Waals surface area contributed by atoms with Crippen molar-refractivity contribution in [1.82, 2.24) is 0 Å². The molecule has 1 atom stereocenters. The fourth-order valence-electron chi connectivity index (χ4n) is 1.92. The number of aliphatic imine (C=N–C) groups is 1. The first-order chi connectivity index (χ1) is 6.36. The molecule has 3 rings (SSSR count). The lowest BCUT2D eigenvalue weighted by Gasteiger charge is -2.09. The van der Waals surface area contributed by atoms with Gasteiger partial charge in [0.05, 0.1) is 5.71 Å². The third-order valence-corrected chi connectivity index (χ3v) is 2.55. The van der Waals surface area contributed by atoms with Crippen LogP contribution in [0, 0.1) is 5.92 Å². The van der Waals surface area contributed by atoms with Crippen LogP contribution in [0.15, 0.2) is 52.7 Å². The quantitative estimate of drug-likeness (QED) is 0.541. The zero-order valence-corrected chi connectivity index (χ0v) is 6.90. The molecule has 0 saturated carbocycles. The predicted octanol–water partition coefficient (Wildman–Crippen LogP) is 1.58. The van der Waals surface area contributed by atoms with Crippen molar-refractivity contribution in [2.45, 2.75) is 0 Å². The molecule has 2 aliphatic carbocycles. The first kappa shape index (κ1) is 6.78. The number of carbonyl (C=O) groups excluding carboxylic acids is 1. The average molecular weight is 169 g/mol. The van der Waals surface area contributed by atoms with Crippen LogP contribution in [0.3, 0.4) is 0 Å². The van der Waals surface area contributed by atoms with E-state index in [9.17, 15) is 4.79 Å². The van der Waals surface area contributed by atoms with Crippen molar-refractivity contribution >= 4 is 11.5 Å². The summed E-state index contributed by atoms with van der Waals surface area (Å²) in [7, 11) is 0. The second kappa shape index (κ2) is 2.16. The summed E-state index contributed by atoms with van der Waals surface area (Å²) >= 11 is 0. The van der Waals surface area contributed by atoms with Gasteiger partial charge >= 0.3 is 0 Å². The Balaban J connectivity index is 2.20. The highest BCUT2D eigenvalue weighted by Crippen LogP contribution is 2.35. The minimum Gasteiger partial charge on any atom is -0.289 e. The van der Waals surface area contributed by atoms with E-state index in [1.54, 1.807) is 12.3 Å². The van der Waals surface area contributed by atoms with Crippen LogP contribution < -0.4 is 0 Å². The van der Waals surface area contributed by atoms with Crippen molar-refractivity contribution in [3.63, 3.8) is 0 Å². The molecule has 2 heteroatoms. The second-order valence-electron chi connectivity index (χ2n) is 3.28. The van der Waals surface area contributed by atoms with Crippen LogP contribution in [-0.2, 0) is 4.79 Å². The Morgan fingerprint density at radius 3 is 3.23 bits per heavy atom. The van der Waals surface area contributed by atoms with Crippen molar-refractivity contribution in [3.05, 3.63) is 47.7 Å². The van der Waals surface area contributed by atoms with Gasteiger partial charge in [-0.15, -0.1) is 0 Å². The molecular formula is C11H7NO. The van der Waals surface area contributed by atoms with Crippen molar-refractivity contribution in [2.24, 2.45) is 10.9 Å². The van der Waals surface area contributed by atoms with Crippen LogP contribution in [0.5, 0.6) is 0 Å². The van der Waals surface area contributed by atoms with Gasteiger partial charge in [-0.2, -0.15) is 0 Å². The zero-order valence-electron chi connectivity index (χ0n) is 6.90. The maximum Gasteiger partial charge on any atom is 0.186 e. The first-order valence-electron chi connectivity index (χ1n) is 4.25. The molecule has 0 saturated heterocycles. The molecule has 3 aliphatic rings. The fraction of sp³-hybridized carbons (Fsp3) is 0.0909. The summed E-state index contributed by atoms with van der Waals surface area (Å²) in [5.74, 6) is 0.340. The molecule has 1 unspecified atom stereocenters. The standard InChI is InChI=1S/C11H7NO/c13-11-3-1-2-7-8-4-5-12-10(8)6-9(7)11/h1-6,8H. The van der Waals surface area contributed by atoms with Gasteiger partial charge in [-0.05, 0) is 17.7 Å². The summed E-state index contributed by atoms with van der Waals surface area (Å²) in [6, 6.07) is 0. The number of hydrogen-bond donors (Lipinski definition) is 0. The van der Waals surface area contributed by atoms with E-state index in [0.29, 0.717) is 0 Å². The third-order valence-electron chi connectivity index (χ3n) is 2.55. The number of rotatable bonds is 0. The largest absolute Gasteiger partial charge is 0.289 e. The lowest BCUT2D eigenvalue weighted by atomic mass is 9.93. The van der Waals surface area contributed by atoms with Gasteiger partial charge in [-0.3, -0.25) is 9.79 Å². The number of allylic oxidation sites excluding steroid dienone is 7. The highest BCUT2D eigenvalue weighted by molar-refractivity contribution is 6.20. The molecule has 0 aromatic carbocycles. The zero-order chi connectivity index (χ0) is 8.84. The van der Waals surface area contributed by atoms with Gasteiger partial charge in [0.2, 0.25) is 0 Å². The minimum atomic E-state index is 0.100. The molecule has 1 aliphatic heterocycles. The SMILES string of the molecule is O=C1C=CC=C2C1=CC1=NC=CC21. The number of nitrogens with zero attached hydrogens (tertiary/aromatic N) is 1. The van der Waals surface area contributed by atoms with Gasteiger partial charge in [0, 0.05) is 17.7 Å². The van der Waals surface area contributed by atoms with E-state index in [1.165, 1.54) is 0 Å². The molecule has 0 radical (unpaired) electrons. The smallest absolute Gasteiger partial charge is 0.186 e. The number of hydrogen-bond acceptors (Lipinski definition) is 2. The van der Waals surface area contributed by atoms with E-state index in [-0.39, 0.29) is 11.7 Å². The minimum absolute atomic E-state index is 0.100. The molecule has 1 heterocycles. The monoisotopic (exact) mass is 169 g/mol. The maximum absolute atomic E-state index is 11.4. The number of fused-ring (bicyclic) bond motifs is 3. The summed E-state index contributed by atoms with van der Waals surface area (Å²) in [4.78, 5) is 15.6. The third kappa shape index (κ3) is 0.773. The number of ketones is 1. The van der Waals surface area contributed by atoms with Crippen LogP contribution >= 0.6 is 0 Å². The fourth-order valence-corrected chi connectivity index (χ4v) is 1.92. The highest BCUT2D eigenvalue weighted by atomic mass is 16.1. The van der Waals surface area contributed by atoms with E-state index in [1.807, 2.05) is 24.3 Å². The molecule has 0 aromatic heterocycles. The van der Waals surface area contributed by atoms with E-state index in [2.05, 4.69) is 4.99 Å². The molecule has 0 bridgehead atoms. The maximum atomic E-state index is 11.4. The summed E-state index contributed by atoms with van der Waals surface area (Å²) in [6.45, 7) is 0. The second-order valence-corrected chi connectivity index (χ2v) is 3.28. The van der Waals surface area contributed by atoms with Crippen LogP contribution in [0.4, 0.5) is 0 Å². The summed E-state index contributed by atoms with van der Waals surface area (Å²) in [6.07, 6.45) is 11.1. The average Bonchev–Trinajstić information content (AvgIpc) is 2.65. The van der Waals surface area contributed by atoms with E-state index in [4.69, 9.17) is 0 Å². The van der Waals surface area contributed by atoms with Gasteiger partial charge < -0.3 is 0 Å². The van der Waals surface area contributed by atoms with Gasteiger partial charge in [-0.1, -0.05) is 18.2 Å². The topological polar surface area (TPSA) is 29.4 Å². The molecule has 2 nitrogen and oxygen atoms in total. The van der Waals surface area contributed by atoms with Gasteiger partial charge in [0.15, 0.2) is 5.78 Å². The normalized spacial score (nSPS) is 28.2. The Morgan fingerprint density at radius 2 is 2.31 bits per heavy atom. The van der Waals surface area contributed by atoms with E-state index in [0.717, 1.165) is 16.9 Å². The van der Waals surface area contributed by atoms with Crippen LogP contribution in [0.2, 0.25) is 0 Å². The van der Waals surface area contributed by atoms with Crippen molar-refractivity contribution < 1.29 is 4.79 Å². The molecule has 0 aromatic rings.